The molecular formula is C14H28N2S. The molecule has 3 heteroatoms. The smallest absolute Gasteiger partial charge is 0.0108 e. The van der Waals surface area contributed by atoms with Gasteiger partial charge < -0.3 is 10.2 Å². The summed E-state index contributed by atoms with van der Waals surface area (Å²) < 4.78 is 0. The van der Waals surface area contributed by atoms with Gasteiger partial charge >= 0.3 is 0 Å². The van der Waals surface area contributed by atoms with Gasteiger partial charge in [-0.3, -0.25) is 0 Å². The van der Waals surface area contributed by atoms with Crippen LogP contribution in [0.1, 0.15) is 39.0 Å². The molecule has 0 spiro atoms. The summed E-state index contributed by atoms with van der Waals surface area (Å²) in [5.41, 5.74) is 0. The van der Waals surface area contributed by atoms with E-state index in [1.807, 2.05) is 0 Å². The maximum absolute atomic E-state index is 3.82. The first-order valence-corrected chi connectivity index (χ1v) is 8.59. The van der Waals surface area contributed by atoms with E-state index in [1.165, 1.54) is 69.8 Å². The largest absolute Gasteiger partial charge is 0.312 e. The molecule has 0 aromatic rings. The van der Waals surface area contributed by atoms with Gasteiger partial charge in [0.25, 0.3) is 0 Å². The zero-order valence-electron chi connectivity index (χ0n) is 11.3. The van der Waals surface area contributed by atoms with E-state index in [0.717, 1.165) is 12.0 Å². The topological polar surface area (TPSA) is 15.3 Å². The lowest BCUT2D eigenvalue weighted by atomic mass is 9.83. The van der Waals surface area contributed by atoms with Gasteiger partial charge in [-0.15, -0.1) is 0 Å². The molecule has 0 bridgehead atoms. The summed E-state index contributed by atoms with van der Waals surface area (Å²) in [5, 5.41) is 3.82. The standard InChI is InChI=1S/C14H28N2S/c1-2-13-5-3-4-6-14(13)15-7-8-16-9-11-17-12-10-16/h13-15H,2-12H2,1H3. The lowest BCUT2D eigenvalue weighted by Crippen LogP contribution is -2.43. The quantitative estimate of drug-likeness (QED) is 0.814. The van der Waals surface area contributed by atoms with Gasteiger partial charge in [-0.05, 0) is 18.8 Å². The van der Waals surface area contributed by atoms with E-state index < -0.39 is 0 Å². The fraction of sp³-hybridized carbons (Fsp3) is 1.00. The molecule has 2 fully saturated rings. The molecule has 1 N–H and O–H groups in total. The van der Waals surface area contributed by atoms with E-state index in [-0.39, 0.29) is 0 Å². The Bertz CT molecular complexity index is 204. The van der Waals surface area contributed by atoms with Crippen molar-refractivity contribution in [3.05, 3.63) is 0 Å². The fourth-order valence-electron chi connectivity index (χ4n) is 3.20. The molecular weight excluding hydrogens is 228 g/mol. The third kappa shape index (κ3) is 4.46. The highest BCUT2D eigenvalue weighted by molar-refractivity contribution is 7.99. The van der Waals surface area contributed by atoms with E-state index in [4.69, 9.17) is 0 Å². The van der Waals surface area contributed by atoms with Crippen molar-refractivity contribution in [3.8, 4) is 0 Å². The third-order valence-electron chi connectivity index (χ3n) is 4.37. The first-order chi connectivity index (χ1) is 8.40. The molecule has 0 amide bonds. The highest BCUT2D eigenvalue weighted by Gasteiger charge is 2.22. The van der Waals surface area contributed by atoms with Crippen LogP contribution >= 0.6 is 11.8 Å². The second-order valence-electron chi connectivity index (χ2n) is 5.47. The molecule has 2 rings (SSSR count). The molecule has 2 nitrogen and oxygen atoms in total. The van der Waals surface area contributed by atoms with Gasteiger partial charge in [-0.25, -0.2) is 0 Å². The Morgan fingerprint density at radius 1 is 1.18 bits per heavy atom. The molecule has 17 heavy (non-hydrogen) atoms. The normalized spacial score (nSPS) is 31.6. The Balaban J connectivity index is 1.62. The fourth-order valence-corrected chi connectivity index (χ4v) is 4.18. The average molecular weight is 256 g/mol. The number of hydrogen-bond acceptors (Lipinski definition) is 3. The number of nitrogens with one attached hydrogen (secondary N) is 1. The molecule has 1 heterocycles. The van der Waals surface area contributed by atoms with E-state index >= 15 is 0 Å². The molecule has 0 aromatic carbocycles. The zero-order valence-corrected chi connectivity index (χ0v) is 12.1. The van der Waals surface area contributed by atoms with Crippen molar-refractivity contribution < 1.29 is 0 Å². The molecule has 0 radical (unpaired) electrons. The SMILES string of the molecule is CCC1CCCCC1NCCN1CCSCC1. The van der Waals surface area contributed by atoms with Crippen LogP contribution in [0.4, 0.5) is 0 Å². The second-order valence-corrected chi connectivity index (χ2v) is 6.69. The highest BCUT2D eigenvalue weighted by atomic mass is 32.2. The summed E-state index contributed by atoms with van der Waals surface area (Å²) in [6.07, 6.45) is 7.12. The van der Waals surface area contributed by atoms with Crippen molar-refractivity contribution in [2.45, 2.75) is 45.1 Å². The van der Waals surface area contributed by atoms with Crippen molar-refractivity contribution in [1.82, 2.24) is 10.2 Å². The van der Waals surface area contributed by atoms with E-state index in [9.17, 15) is 0 Å². The molecule has 2 unspecified atom stereocenters. The predicted octanol–water partition coefficient (Wildman–Crippen LogP) is 2.59. The number of nitrogens with zero attached hydrogens (tertiary/aromatic N) is 1. The van der Waals surface area contributed by atoms with Gasteiger partial charge in [0.15, 0.2) is 0 Å². The van der Waals surface area contributed by atoms with Crippen molar-refractivity contribution in [3.63, 3.8) is 0 Å². The molecule has 100 valence electrons. The Hall–Kier alpha value is 0.270. The van der Waals surface area contributed by atoms with Crippen LogP contribution in [0.25, 0.3) is 0 Å². The molecule has 1 aliphatic carbocycles. The minimum atomic E-state index is 0.813. The molecule has 1 saturated carbocycles. The lowest BCUT2D eigenvalue weighted by molar-refractivity contribution is 0.236. The third-order valence-corrected chi connectivity index (χ3v) is 5.31. The van der Waals surface area contributed by atoms with Crippen molar-refractivity contribution in [1.29, 1.82) is 0 Å². The summed E-state index contributed by atoms with van der Waals surface area (Å²) in [7, 11) is 0. The highest BCUT2D eigenvalue weighted by Crippen LogP contribution is 2.26. The second kappa shape index (κ2) is 7.65. The maximum Gasteiger partial charge on any atom is 0.0108 e. The first kappa shape index (κ1) is 13.7. The van der Waals surface area contributed by atoms with E-state index in [1.54, 1.807) is 0 Å². The van der Waals surface area contributed by atoms with Crippen LogP contribution in [0, 0.1) is 5.92 Å². The van der Waals surface area contributed by atoms with E-state index in [0.29, 0.717) is 0 Å². The van der Waals surface area contributed by atoms with Gasteiger partial charge in [-0.1, -0.05) is 26.2 Å². The number of thioether (sulfide) groups is 1. The summed E-state index contributed by atoms with van der Waals surface area (Å²) in [5.74, 6) is 3.61. The Kier molecular flexibility index (Phi) is 6.16. The lowest BCUT2D eigenvalue weighted by Gasteiger charge is -2.33. The van der Waals surface area contributed by atoms with Crippen LogP contribution in [0.5, 0.6) is 0 Å². The van der Waals surface area contributed by atoms with E-state index in [2.05, 4.69) is 28.9 Å². The minimum absolute atomic E-state index is 0.813. The molecule has 2 aliphatic rings. The summed E-state index contributed by atoms with van der Waals surface area (Å²) in [6.45, 7) is 7.41. The van der Waals surface area contributed by atoms with Crippen LogP contribution in [0.3, 0.4) is 0 Å². The van der Waals surface area contributed by atoms with Crippen LogP contribution in [0.2, 0.25) is 0 Å². The van der Waals surface area contributed by atoms with Gasteiger partial charge in [0.2, 0.25) is 0 Å². The minimum Gasteiger partial charge on any atom is -0.312 e. The van der Waals surface area contributed by atoms with Crippen LogP contribution in [-0.4, -0.2) is 48.6 Å². The Morgan fingerprint density at radius 3 is 2.71 bits per heavy atom. The number of hydrogen-bond donors (Lipinski definition) is 1. The molecule has 0 aromatic heterocycles. The first-order valence-electron chi connectivity index (χ1n) is 7.43. The number of rotatable bonds is 5. The molecule has 1 saturated heterocycles. The van der Waals surface area contributed by atoms with Crippen LogP contribution in [-0.2, 0) is 0 Å². The van der Waals surface area contributed by atoms with Gasteiger partial charge in [0.05, 0.1) is 0 Å². The maximum atomic E-state index is 3.82. The Morgan fingerprint density at radius 2 is 1.94 bits per heavy atom. The van der Waals surface area contributed by atoms with Crippen molar-refractivity contribution in [2.75, 3.05) is 37.7 Å². The summed E-state index contributed by atoms with van der Waals surface area (Å²) in [4.78, 5) is 2.62. The molecule has 2 atom stereocenters. The summed E-state index contributed by atoms with van der Waals surface area (Å²) in [6, 6.07) is 0.813. The van der Waals surface area contributed by atoms with Crippen LogP contribution in [0.15, 0.2) is 0 Å². The monoisotopic (exact) mass is 256 g/mol. The zero-order chi connectivity index (χ0) is 11.9. The summed E-state index contributed by atoms with van der Waals surface area (Å²) >= 11 is 2.10. The predicted molar refractivity (Wildman–Crippen MR) is 77.8 cm³/mol. The Labute approximate surface area is 111 Å². The van der Waals surface area contributed by atoms with Crippen molar-refractivity contribution in [2.24, 2.45) is 5.92 Å². The van der Waals surface area contributed by atoms with Gasteiger partial charge in [0.1, 0.15) is 0 Å². The molecule has 1 aliphatic heterocycles. The van der Waals surface area contributed by atoms with Crippen LogP contribution < -0.4 is 5.32 Å². The van der Waals surface area contributed by atoms with Gasteiger partial charge in [-0.2, -0.15) is 11.8 Å². The van der Waals surface area contributed by atoms with Crippen molar-refractivity contribution >= 4 is 11.8 Å². The average Bonchev–Trinajstić information content (AvgIpc) is 2.40. The van der Waals surface area contributed by atoms with Gasteiger partial charge in [0, 0.05) is 43.7 Å².